The van der Waals surface area contributed by atoms with E-state index in [4.69, 9.17) is 0 Å². The molecule has 1 aromatic rings. The summed E-state index contributed by atoms with van der Waals surface area (Å²) in [5.74, 6) is 0.0253. The Morgan fingerprint density at radius 3 is 2.88 bits per heavy atom. The number of nitrogens with one attached hydrogen (secondary N) is 2. The molecular formula is C12H15BrN2O. The Kier molecular flexibility index (Phi) is 3.61. The Bertz CT molecular complexity index is 402. The van der Waals surface area contributed by atoms with Gasteiger partial charge in [-0.2, -0.15) is 0 Å². The standard InChI is InChI=1S/C12H15BrN2O/c1-8-6-9(13)2-5-11(8)15-12(16)7-14-10-3-4-10/h2,5-6,10,14H,3-4,7H2,1H3,(H,15,16). The van der Waals surface area contributed by atoms with Gasteiger partial charge in [-0.3, -0.25) is 4.79 Å². The lowest BCUT2D eigenvalue weighted by atomic mass is 10.2. The Balaban J connectivity index is 1.89. The summed E-state index contributed by atoms with van der Waals surface area (Å²) in [6, 6.07) is 6.40. The molecule has 1 fully saturated rings. The highest BCUT2D eigenvalue weighted by atomic mass is 79.9. The van der Waals surface area contributed by atoms with Crippen molar-refractivity contribution in [1.82, 2.24) is 5.32 Å². The van der Waals surface area contributed by atoms with Crippen LogP contribution in [0.25, 0.3) is 0 Å². The monoisotopic (exact) mass is 282 g/mol. The van der Waals surface area contributed by atoms with Crippen molar-refractivity contribution < 1.29 is 4.79 Å². The normalized spacial score (nSPS) is 14.9. The van der Waals surface area contributed by atoms with E-state index < -0.39 is 0 Å². The van der Waals surface area contributed by atoms with Crippen LogP contribution in [0, 0.1) is 6.92 Å². The van der Waals surface area contributed by atoms with E-state index in [-0.39, 0.29) is 5.91 Å². The van der Waals surface area contributed by atoms with E-state index in [1.165, 1.54) is 12.8 Å². The van der Waals surface area contributed by atoms with Crippen LogP contribution in [0.2, 0.25) is 0 Å². The molecular weight excluding hydrogens is 268 g/mol. The van der Waals surface area contributed by atoms with Crippen LogP contribution in [0.4, 0.5) is 5.69 Å². The van der Waals surface area contributed by atoms with Gasteiger partial charge < -0.3 is 10.6 Å². The van der Waals surface area contributed by atoms with Crippen molar-refractivity contribution in [2.75, 3.05) is 11.9 Å². The molecule has 86 valence electrons. The molecule has 2 rings (SSSR count). The first-order valence-corrected chi connectivity index (χ1v) is 6.24. The Hall–Kier alpha value is -0.870. The number of benzene rings is 1. The summed E-state index contributed by atoms with van der Waals surface area (Å²) in [6.45, 7) is 2.38. The highest BCUT2D eigenvalue weighted by Gasteiger charge is 2.21. The predicted molar refractivity (Wildman–Crippen MR) is 68.5 cm³/mol. The number of halogens is 1. The van der Waals surface area contributed by atoms with Crippen molar-refractivity contribution in [1.29, 1.82) is 0 Å². The van der Waals surface area contributed by atoms with E-state index in [2.05, 4.69) is 26.6 Å². The zero-order valence-electron chi connectivity index (χ0n) is 9.22. The molecule has 0 bridgehead atoms. The lowest BCUT2D eigenvalue weighted by Gasteiger charge is -2.09. The van der Waals surface area contributed by atoms with Gasteiger partial charge in [0.05, 0.1) is 6.54 Å². The average molecular weight is 283 g/mol. The van der Waals surface area contributed by atoms with E-state index in [0.717, 1.165) is 15.7 Å². The van der Waals surface area contributed by atoms with E-state index in [1.54, 1.807) is 0 Å². The average Bonchev–Trinajstić information content (AvgIpc) is 3.03. The van der Waals surface area contributed by atoms with Crippen molar-refractivity contribution in [3.63, 3.8) is 0 Å². The number of rotatable bonds is 4. The molecule has 1 aliphatic rings. The van der Waals surface area contributed by atoms with Gasteiger partial charge in [0.25, 0.3) is 0 Å². The number of carbonyl (C=O) groups is 1. The highest BCUT2D eigenvalue weighted by Crippen LogP contribution is 2.20. The third-order valence-corrected chi connectivity index (χ3v) is 3.08. The van der Waals surface area contributed by atoms with Gasteiger partial charge in [-0.15, -0.1) is 0 Å². The fourth-order valence-electron chi connectivity index (χ4n) is 1.49. The molecule has 0 unspecified atom stereocenters. The van der Waals surface area contributed by atoms with Crippen LogP contribution >= 0.6 is 15.9 Å². The van der Waals surface area contributed by atoms with Gasteiger partial charge >= 0.3 is 0 Å². The lowest BCUT2D eigenvalue weighted by molar-refractivity contribution is -0.115. The Morgan fingerprint density at radius 1 is 1.50 bits per heavy atom. The molecule has 3 nitrogen and oxygen atoms in total. The third kappa shape index (κ3) is 3.32. The SMILES string of the molecule is Cc1cc(Br)ccc1NC(=O)CNC1CC1. The molecule has 1 aromatic carbocycles. The first-order chi connectivity index (χ1) is 7.65. The zero-order valence-corrected chi connectivity index (χ0v) is 10.8. The third-order valence-electron chi connectivity index (χ3n) is 2.59. The molecule has 1 aliphatic carbocycles. The molecule has 16 heavy (non-hydrogen) atoms. The molecule has 1 amide bonds. The molecule has 0 atom stereocenters. The number of hydrogen-bond donors (Lipinski definition) is 2. The van der Waals surface area contributed by atoms with Crippen LogP contribution < -0.4 is 10.6 Å². The van der Waals surface area contributed by atoms with Crippen molar-refractivity contribution in [3.8, 4) is 0 Å². The molecule has 4 heteroatoms. The molecule has 1 saturated carbocycles. The first-order valence-electron chi connectivity index (χ1n) is 5.44. The number of aryl methyl sites for hydroxylation is 1. The van der Waals surface area contributed by atoms with Gasteiger partial charge in [0.1, 0.15) is 0 Å². The summed E-state index contributed by atoms with van der Waals surface area (Å²) in [4.78, 5) is 11.6. The van der Waals surface area contributed by atoms with Gasteiger partial charge in [0.2, 0.25) is 5.91 Å². The second kappa shape index (κ2) is 4.97. The van der Waals surface area contributed by atoms with Crippen molar-refractivity contribution in [3.05, 3.63) is 28.2 Å². The largest absolute Gasteiger partial charge is 0.325 e. The smallest absolute Gasteiger partial charge is 0.238 e. The Morgan fingerprint density at radius 2 is 2.25 bits per heavy atom. The number of anilines is 1. The minimum atomic E-state index is 0.0253. The number of carbonyl (C=O) groups excluding carboxylic acids is 1. The maximum absolute atomic E-state index is 11.6. The fourth-order valence-corrected chi connectivity index (χ4v) is 1.96. The van der Waals surface area contributed by atoms with Crippen molar-refractivity contribution in [2.45, 2.75) is 25.8 Å². The Labute approximate surface area is 104 Å². The summed E-state index contributed by atoms with van der Waals surface area (Å²) >= 11 is 3.40. The topological polar surface area (TPSA) is 41.1 Å². The molecule has 0 saturated heterocycles. The number of amides is 1. The van der Waals surface area contributed by atoms with Crippen molar-refractivity contribution in [2.24, 2.45) is 0 Å². The summed E-state index contributed by atoms with van der Waals surface area (Å²) < 4.78 is 1.03. The summed E-state index contributed by atoms with van der Waals surface area (Å²) in [7, 11) is 0. The zero-order chi connectivity index (χ0) is 11.5. The van der Waals surface area contributed by atoms with E-state index in [9.17, 15) is 4.79 Å². The quantitative estimate of drug-likeness (QED) is 0.891. The summed E-state index contributed by atoms with van der Waals surface area (Å²) in [5, 5.41) is 6.08. The molecule has 0 aromatic heterocycles. The molecule has 0 aliphatic heterocycles. The van der Waals surface area contributed by atoms with Crippen molar-refractivity contribution >= 4 is 27.5 Å². The van der Waals surface area contributed by atoms with E-state index in [0.29, 0.717) is 12.6 Å². The van der Waals surface area contributed by atoms with Crippen LogP contribution in [-0.4, -0.2) is 18.5 Å². The van der Waals surface area contributed by atoms with Crippen LogP contribution in [0.1, 0.15) is 18.4 Å². The molecule has 0 heterocycles. The van der Waals surface area contributed by atoms with Crippen LogP contribution in [0.15, 0.2) is 22.7 Å². The molecule has 0 radical (unpaired) electrons. The van der Waals surface area contributed by atoms with Gasteiger partial charge in [0, 0.05) is 16.2 Å². The van der Waals surface area contributed by atoms with Gasteiger partial charge in [-0.25, -0.2) is 0 Å². The second-order valence-corrected chi connectivity index (χ2v) is 5.08. The maximum Gasteiger partial charge on any atom is 0.238 e. The van der Waals surface area contributed by atoms with Crippen LogP contribution in [0.5, 0.6) is 0 Å². The first kappa shape index (κ1) is 11.6. The highest BCUT2D eigenvalue weighted by molar-refractivity contribution is 9.10. The maximum atomic E-state index is 11.6. The van der Waals surface area contributed by atoms with Gasteiger partial charge in [0.15, 0.2) is 0 Å². The summed E-state index contributed by atoms with van der Waals surface area (Å²) in [5.41, 5.74) is 1.94. The fraction of sp³-hybridized carbons (Fsp3) is 0.417. The minimum Gasteiger partial charge on any atom is -0.325 e. The predicted octanol–water partition coefficient (Wildman–Crippen LogP) is 2.45. The second-order valence-electron chi connectivity index (χ2n) is 4.16. The molecule has 0 spiro atoms. The number of hydrogen-bond acceptors (Lipinski definition) is 2. The van der Waals surface area contributed by atoms with Crippen LogP contribution in [-0.2, 0) is 4.79 Å². The minimum absolute atomic E-state index is 0.0253. The molecule has 2 N–H and O–H groups in total. The van der Waals surface area contributed by atoms with Crippen LogP contribution in [0.3, 0.4) is 0 Å². The summed E-state index contributed by atoms with van der Waals surface area (Å²) in [6.07, 6.45) is 2.40. The lowest BCUT2D eigenvalue weighted by Crippen LogP contribution is -2.29. The van der Waals surface area contributed by atoms with E-state index in [1.807, 2.05) is 25.1 Å². The van der Waals surface area contributed by atoms with Gasteiger partial charge in [-0.05, 0) is 43.5 Å². The van der Waals surface area contributed by atoms with Gasteiger partial charge in [-0.1, -0.05) is 15.9 Å². The van der Waals surface area contributed by atoms with E-state index >= 15 is 0 Å².